The fourth-order valence-corrected chi connectivity index (χ4v) is 14.5. The second-order valence-corrected chi connectivity index (χ2v) is 26.3. The van der Waals surface area contributed by atoms with Gasteiger partial charge in [0.25, 0.3) is 5.91 Å². The van der Waals surface area contributed by atoms with Crippen molar-refractivity contribution in [3.05, 3.63) is 140 Å². The number of hydrogen-bond donors (Lipinski definition) is 4. The third-order valence-corrected chi connectivity index (χ3v) is 19.9. The van der Waals surface area contributed by atoms with E-state index in [1.54, 1.807) is 24.6 Å². The molecule has 11 rings (SSSR count). The van der Waals surface area contributed by atoms with E-state index < -0.39 is 58.8 Å². The van der Waals surface area contributed by atoms with Crippen LogP contribution in [0.3, 0.4) is 0 Å². The largest absolute Gasteiger partial charge is 0.417 e. The summed E-state index contributed by atoms with van der Waals surface area (Å²) in [4.78, 5) is 105. The number of nitrogens with zero attached hydrogens (tertiary/aromatic N) is 9. The summed E-state index contributed by atoms with van der Waals surface area (Å²) in [6, 6.07) is 22.2. The number of piperazine rings is 2. The number of benzene rings is 3. The lowest BCUT2D eigenvalue weighted by Crippen LogP contribution is -2.53. The maximum absolute atomic E-state index is 14.5. The number of carbonyl (C=O) groups is 5. The predicted octanol–water partition coefficient (Wildman–Crippen LogP) is 7.79. The molecule has 91 heavy (non-hydrogen) atoms. The van der Waals surface area contributed by atoms with Gasteiger partial charge in [0.1, 0.15) is 17.7 Å². The molecule has 20 nitrogen and oxygen atoms in total. The van der Waals surface area contributed by atoms with E-state index in [1.807, 2.05) is 92.2 Å². The first-order valence-electron chi connectivity index (χ1n) is 31.7. The van der Waals surface area contributed by atoms with Crippen LogP contribution < -0.4 is 21.1 Å². The van der Waals surface area contributed by atoms with Crippen molar-refractivity contribution in [3.8, 4) is 21.6 Å². The molecule has 5 aliphatic rings. The highest BCUT2D eigenvalue weighted by Crippen LogP contribution is 2.38. The van der Waals surface area contributed by atoms with Crippen LogP contribution in [0.4, 0.5) is 24.5 Å². The number of rotatable bonds is 17. The van der Waals surface area contributed by atoms with Gasteiger partial charge in [0.15, 0.2) is 0 Å². The minimum Gasteiger partial charge on any atom is -0.391 e. The Labute approximate surface area is 531 Å². The number of H-pyrrole nitrogens is 1. The molecule has 24 heteroatoms. The van der Waals surface area contributed by atoms with E-state index in [-0.39, 0.29) is 55.0 Å². The molecule has 0 radical (unpaired) electrons. The number of likely N-dealkylation sites (N-methyl/N-ethyl adjacent to an activating group) is 1. The maximum Gasteiger partial charge on any atom is 0.417 e. The number of carbonyl (C=O) groups excluding carboxylic acids is 5. The van der Waals surface area contributed by atoms with Crippen molar-refractivity contribution in [2.45, 2.75) is 109 Å². The summed E-state index contributed by atoms with van der Waals surface area (Å²) in [7, 11) is 2.02. The van der Waals surface area contributed by atoms with Crippen LogP contribution in [-0.2, 0) is 31.9 Å². The summed E-state index contributed by atoms with van der Waals surface area (Å²) in [5, 5.41) is 20.8. The summed E-state index contributed by atoms with van der Waals surface area (Å²) in [6.07, 6.45) is -1.88. The SMILES string of the molecule is Cc1cc([C@H](C(=O)N2C[C@H](O)C[C@H]2C(=O)N[C@@H](CC(=O)N2CCC(N3CCC(C(=O)N4CCN(Cc5cccc(-c6ccc(N7CCN(C)CC7)c(NC(=O)c7c[nH]c(=O)cc7C(F)(F)F)c6)c5)CC4)CC3)CC2)c2ccc(-c3scnc3C)cc2)C(C)C)on1. The van der Waals surface area contributed by atoms with Gasteiger partial charge in [-0.25, -0.2) is 4.98 Å². The lowest BCUT2D eigenvalue weighted by atomic mass is 9.91. The number of alkyl halides is 3. The number of β-amino-alcohol motifs (C(OH)–C–C–N with tert-alkyl or cyclic N) is 1. The van der Waals surface area contributed by atoms with Crippen LogP contribution >= 0.6 is 11.3 Å². The Morgan fingerprint density at radius 2 is 1.52 bits per heavy atom. The Balaban J connectivity index is 0.668. The summed E-state index contributed by atoms with van der Waals surface area (Å²) < 4.78 is 47.7. The molecule has 5 amide bonds. The summed E-state index contributed by atoms with van der Waals surface area (Å²) in [6.45, 7) is 16.4. The number of anilines is 2. The van der Waals surface area contributed by atoms with E-state index in [1.165, 1.54) is 16.2 Å². The molecule has 0 saturated carbocycles. The van der Waals surface area contributed by atoms with Crippen LogP contribution in [-0.4, -0.2) is 189 Å². The van der Waals surface area contributed by atoms with Crippen molar-refractivity contribution < 1.29 is 46.8 Å². The fraction of sp³-hybridized carbons (Fsp3) is 0.493. The zero-order valence-electron chi connectivity index (χ0n) is 52.2. The minimum atomic E-state index is -4.92. The number of halogens is 3. The Kier molecular flexibility index (Phi) is 19.9. The highest BCUT2D eigenvalue weighted by atomic mass is 32.1. The summed E-state index contributed by atoms with van der Waals surface area (Å²) in [5.74, 6) is -2.21. The molecule has 3 aromatic carbocycles. The van der Waals surface area contributed by atoms with Crippen molar-refractivity contribution in [2.75, 3.05) is 102 Å². The molecular weight excluding hydrogens is 1190 g/mol. The number of likely N-dealkylation sites (tertiary alicyclic amines) is 3. The van der Waals surface area contributed by atoms with Gasteiger partial charge in [-0.15, -0.1) is 11.3 Å². The first-order chi connectivity index (χ1) is 43.6. The molecular formula is C67H81F3N12O8S. The second-order valence-electron chi connectivity index (χ2n) is 25.5. The molecule has 4 atom stereocenters. The number of aryl methyl sites for hydroxylation is 2. The molecule has 5 fully saturated rings. The maximum atomic E-state index is 14.5. The normalized spacial score (nSPS) is 20.1. The molecule has 5 saturated heterocycles. The molecule has 0 spiro atoms. The molecule has 4 N–H and O–H groups in total. The molecule has 5 aliphatic heterocycles. The summed E-state index contributed by atoms with van der Waals surface area (Å²) >= 11 is 1.54. The smallest absolute Gasteiger partial charge is 0.391 e. The molecule has 3 aromatic heterocycles. The number of amides is 5. The standard InChI is InChI=1S/C67H81F3N12O8S/c1-41(2)61(58-31-42(3)75-90-58)66(89)82-39-51(83)34-57(82)64(87)73-54(45-9-11-46(12-10-45)62-43(4)72-40-91-62)36-60(85)80-21-17-50(18-22-80)78-19-15-47(16-20-78)65(88)81-29-25-77(26-30-81)38-44-7-6-8-48(32-44)49-13-14-56(79-27-23-76(5)24-28-79)55(33-49)74-63(86)52-37-71-59(84)35-53(52)67(68,69)70/h6-14,31-33,35,37,40-41,47,50-51,54,57,61,83H,15-30,34,36,38-39H2,1-5H3,(H,71,84)(H,73,87)(H,74,86)/t51-,54+,57+,61-/m1/s1. The number of hydrogen-bond acceptors (Lipinski definition) is 15. The second kappa shape index (κ2) is 28.0. The lowest BCUT2D eigenvalue weighted by Gasteiger charge is -2.43. The van der Waals surface area contributed by atoms with Crippen LogP contribution in [0.15, 0.2) is 99.9 Å². The average molecular weight is 1270 g/mol. The van der Waals surface area contributed by atoms with Gasteiger partial charge >= 0.3 is 6.18 Å². The Morgan fingerprint density at radius 1 is 0.813 bits per heavy atom. The van der Waals surface area contributed by atoms with E-state index in [4.69, 9.17) is 4.52 Å². The first kappa shape index (κ1) is 64.7. The molecule has 8 heterocycles. The number of nitrogens with one attached hydrogen (secondary N) is 3. The molecule has 0 bridgehead atoms. The first-order valence-corrected chi connectivity index (χ1v) is 32.6. The number of pyridine rings is 1. The van der Waals surface area contributed by atoms with Gasteiger partial charge in [-0.2, -0.15) is 13.2 Å². The van der Waals surface area contributed by atoms with Gasteiger partial charge in [-0.3, -0.25) is 33.7 Å². The minimum absolute atomic E-state index is 0.00289. The number of piperidine rings is 2. The monoisotopic (exact) mass is 1270 g/mol. The number of aliphatic hydroxyl groups excluding tert-OH is 1. The van der Waals surface area contributed by atoms with Crippen LogP contribution in [0.25, 0.3) is 21.6 Å². The third kappa shape index (κ3) is 15.1. The number of aromatic nitrogens is 3. The van der Waals surface area contributed by atoms with E-state index in [9.17, 15) is 47.0 Å². The van der Waals surface area contributed by atoms with E-state index in [2.05, 4.69) is 51.4 Å². The van der Waals surface area contributed by atoms with Gasteiger partial charge in [0.05, 0.1) is 62.8 Å². The van der Waals surface area contributed by atoms with Crippen LogP contribution in [0, 0.1) is 25.7 Å². The lowest BCUT2D eigenvalue weighted by molar-refractivity contribution is -0.141. The van der Waals surface area contributed by atoms with Gasteiger partial charge in [-0.05, 0) is 112 Å². The van der Waals surface area contributed by atoms with Crippen molar-refractivity contribution in [1.29, 1.82) is 0 Å². The van der Waals surface area contributed by atoms with E-state index in [0.29, 0.717) is 87.8 Å². The van der Waals surface area contributed by atoms with Crippen molar-refractivity contribution in [2.24, 2.45) is 11.8 Å². The predicted molar refractivity (Wildman–Crippen MR) is 340 cm³/mol. The van der Waals surface area contributed by atoms with Crippen LogP contribution in [0.1, 0.15) is 109 Å². The number of aromatic amines is 1. The fourth-order valence-electron chi connectivity index (χ4n) is 13.7. The Hall–Kier alpha value is -7.77. The van der Waals surface area contributed by atoms with Gasteiger partial charge < -0.3 is 54.6 Å². The van der Waals surface area contributed by atoms with Crippen molar-refractivity contribution in [3.63, 3.8) is 0 Å². The van der Waals surface area contributed by atoms with Gasteiger partial charge in [-0.1, -0.05) is 67.5 Å². The van der Waals surface area contributed by atoms with Gasteiger partial charge in [0, 0.05) is 115 Å². The quantitative estimate of drug-likeness (QED) is 0.0685. The van der Waals surface area contributed by atoms with Crippen LogP contribution in [0.5, 0.6) is 0 Å². The topological polar surface area (TPSA) is 224 Å². The highest BCUT2D eigenvalue weighted by molar-refractivity contribution is 7.13. The third-order valence-electron chi connectivity index (χ3n) is 18.9. The zero-order chi connectivity index (χ0) is 64.3. The van der Waals surface area contributed by atoms with Crippen molar-refractivity contribution >= 4 is 52.2 Å². The highest BCUT2D eigenvalue weighted by Gasteiger charge is 2.45. The molecule has 6 aromatic rings. The Bertz CT molecular complexity index is 3640. The zero-order valence-corrected chi connectivity index (χ0v) is 53.0. The average Bonchev–Trinajstić information content (AvgIpc) is 2.32. The number of thiazole rings is 1. The summed E-state index contributed by atoms with van der Waals surface area (Å²) in [5.41, 5.74) is 5.83. The molecule has 0 unspecified atom stereocenters. The molecule has 484 valence electrons. The Morgan fingerprint density at radius 3 is 2.18 bits per heavy atom. The number of aliphatic hydroxyl groups is 1. The van der Waals surface area contributed by atoms with Gasteiger partial charge in [0.2, 0.25) is 29.2 Å². The molecule has 0 aliphatic carbocycles. The van der Waals surface area contributed by atoms with E-state index >= 15 is 0 Å². The van der Waals surface area contributed by atoms with Crippen LogP contribution in [0.2, 0.25) is 0 Å². The van der Waals surface area contributed by atoms with E-state index in [0.717, 1.165) is 96.4 Å². The van der Waals surface area contributed by atoms with Crippen molar-refractivity contribution in [1.82, 2.24) is 49.8 Å².